The molecule has 0 unspecified atom stereocenters. The molecule has 0 heterocycles. The van der Waals surface area contributed by atoms with Gasteiger partial charge in [0.25, 0.3) is 0 Å². The zero-order valence-corrected chi connectivity index (χ0v) is 12.7. The van der Waals surface area contributed by atoms with Gasteiger partial charge >= 0.3 is 6.61 Å². The standard InChI is InChI=1S/C18H13F2NO3/c1-23-16-7-3-5-13(17(16)24-18(19)20)8-9-15(22)14-6-2-4-12(10-14)11-21/h2-10,18H,1H3. The fourth-order valence-corrected chi connectivity index (χ4v) is 2.04. The number of nitrogens with zero attached hydrogens (tertiary/aromatic N) is 1. The molecule has 0 atom stereocenters. The van der Waals surface area contributed by atoms with Gasteiger partial charge in [-0.1, -0.05) is 24.3 Å². The highest BCUT2D eigenvalue weighted by molar-refractivity contribution is 6.07. The summed E-state index contributed by atoms with van der Waals surface area (Å²) >= 11 is 0. The van der Waals surface area contributed by atoms with Crippen molar-refractivity contribution in [1.82, 2.24) is 0 Å². The number of hydrogen-bond donors (Lipinski definition) is 0. The molecule has 0 amide bonds. The number of ether oxygens (including phenoxy) is 2. The first kappa shape index (κ1) is 17.2. The molecule has 0 fully saturated rings. The average Bonchev–Trinajstić information content (AvgIpc) is 2.60. The zero-order valence-electron chi connectivity index (χ0n) is 12.7. The summed E-state index contributed by atoms with van der Waals surface area (Å²) in [7, 11) is 1.33. The molecular formula is C18H13F2NO3. The number of hydrogen-bond acceptors (Lipinski definition) is 4. The number of allylic oxidation sites excluding steroid dienone is 1. The van der Waals surface area contributed by atoms with Gasteiger partial charge in [-0.05, 0) is 30.4 Å². The Balaban J connectivity index is 2.31. The van der Waals surface area contributed by atoms with Crippen LogP contribution in [0.25, 0.3) is 6.08 Å². The molecular weight excluding hydrogens is 316 g/mol. The van der Waals surface area contributed by atoms with E-state index in [1.54, 1.807) is 24.3 Å². The minimum absolute atomic E-state index is 0.136. The van der Waals surface area contributed by atoms with Crippen LogP contribution in [0.5, 0.6) is 11.5 Å². The highest BCUT2D eigenvalue weighted by Crippen LogP contribution is 2.33. The molecule has 0 aliphatic carbocycles. The number of para-hydroxylation sites is 1. The van der Waals surface area contributed by atoms with E-state index in [4.69, 9.17) is 10.00 Å². The van der Waals surface area contributed by atoms with Gasteiger partial charge in [-0.2, -0.15) is 14.0 Å². The highest BCUT2D eigenvalue weighted by Gasteiger charge is 2.14. The lowest BCUT2D eigenvalue weighted by molar-refractivity contribution is -0.0513. The van der Waals surface area contributed by atoms with E-state index in [2.05, 4.69) is 4.74 Å². The van der Waals surface area contributed by atoms with Crippen LogP contribution in [0, 0.1) is 11.3 Å². The number of benzene rings is 2. The Morgan fingerprint density at radius 1 is 1.25 bits per heavy atom. The lowest BCUT2D eigenvalue weighted by Gasteiger charge is -2.12. The van der Waals surface area contributed by atoms with Crippen LogP contribution in [-0.2, 0) is 0 Å². The first-order valence-electron chi connectivity index (χ1n) is 6.89. The van der Waals surface area contributed by atoms with E-state index >= 15 is 0 Å². The summed E-state index contributed by atoms with van der Waals surface area (Å²) in [5.41, 5.74) is 0.960. The van der Waals surface area contributed by atoms with E-state index in [0.29, 0.717) is 11.1 Å². The predicted octanol–water partition coefficient (Wildman–Crippen LogP) is 4.06. The Kier molecular flexibility index (Phi) is 5.63. The predicted molar refractivity (Wildman–Crippen MR) is 84.1 cm³/mol. The topological polar surface area (TPSA) is 59.3 Å². The van der Waals surface area contributed by atoms with E-state index in [1.807, 2.05) is 6.07 Å². The molecule has 0 saturated carbocycles. The Bertz CT molecular complexity index is 810. The van der Waals surface area contributed by atoms with E-state index in [-0.39, 0.29) is 22.8 Å². The minimum atomic E-state index is -3.02. The third kappa shape index (κ3) is 4.17. The fourth-order valence-electron chi connectivity index (χ4n) is 2.04. The number of halogens is 2. The quantitative estimate of drug-likeness (QED) is 0.592. The second kappa shape index (κ2) is 7.88. The van der Waals surface area contributed by atoms with Gasteiger partial charge in [-0.3, -0.25) is 4.79 Å². The molecule has 122 valence electrons. The van der Waals surface area contributed by atoms with Crippen molar-refractivity contribution in [3.63, 3.8) is 0 Å². The number of rotatable bonds is 6. The molecule has 2 rings (SSSR count). The summed E-state index contributed by atoms with van der Waals surface area (Å²) in [6.45, 7) is -3.02. The number of nitriles is 1. The summed E-state index contributed by atoms with van der Waals surface area (Å²) in [5, 5.41) is 8.85. The summed E-state index contributed by atoms with van der Waals surface area (Å²) in [6, 6.07) is 12.7. The van der Waals surface area contributed by atoms with Gasteiger partial charge in [-0.15, -0.1) is 0 Å². The second-order valence-corrected chi connectivity index (χ2v) is 4.65. The van der Waals surface area contributed by atoms with Crippen LogP contribution in [0.2, 0.25) is 0 Å². The third-order valence-corrected chi connectivity index (χ3v) is 3.13. The lowest BCUT2D eigenvalue weighted by Crippen LogP contribution is -2.05. The molecule has 2 aromatic carbocycles. The number of carbonyl (C=O) groups excluding carboxylic acids is 1. The van der Waals surface area contributed by atoms with Crippen LogP contribution in [0.3, 0.4) is 0 Å². The monoisotopic (exact) mass is 329 g/mol. The maximum absolute atomic E-state index is 12.6. The van der Waals surface area contributed by atoms with E-state index < -0.39 is 6.61 Å². The van der Waals surface area contributed by atoms with Crippen LogP contribution in [-0.4, -0.2) is 19.5 Å². The maximum atomic E-state index is 12.6. The summed E-state index contributed by atoms with van der Waals surface area (Å²) < 4.78 is 34.6. The van der Waals surface area contributed by atoms with Crippen LogP contribution < -0.4 is 9.47 Å². The molecule has 0 saturated heterocycles. The van der Waals surface area contributed by atoms with Crippen molar-refractivity contribution in [2.45, 2.75) is 6.61 Å². The number of methoxy groups -OCH3 is 1. The van der Waals surface area contributed by atoms with Gasteiger partial charge in [0.2, 0.25) is 0 Å². The lowest BCUT2D eigenvalue weighted by atomic mass is 10.1. The Labute approximate surface area is 137 Å². The fraction of sp³-hybridized carbons (Fsp3) is 0.111. The molecule has 4 nitrogen and oxygen atoms in total. The number of ketones is 1. The molecule has 0 bridgehead atoms. The van der Waals surface area contributed by atoms with Gasteiger partial charge < -0.3 is 9.47 Å². The van der Waals surface area contributed by atoms with E-state index in [0.717, 1.165) is 0 Å². The van der Waals surface area contributed by atoms with Crippen molar-refractivity contribution in [2.75, 3.05) is 7.11 Å². The van der Waals surface area contributed by atoms with Gasteiger partial charge in [0, 0.05) is 11.1 Å². The van der Waals surface area contributed by atoms with Crippen molar-refractivity contribution in [3.05, 3.63) is 65.2 Å². The zero-order chi connectivity index (χ0) is 17.5. The first-order valence-corrected chi connectivity index (χ1v) is 6.89. The summed E-state index contributed by atoms with van der Waals surface area (Å²) in [4.78, 5) is 12.2. The maximum Gasteiger partial charge on any atom is 0.387 e. The smallest absolute Gasteiger partial charge is 0.387 e. The average molecular weight is 329 g/mol. The van der Waals surface area contributed by atoms with Crippen molar-refractivity contribution in [2.24, 2.45) is 0 Å². The van der Waals surface area contributed by atoms with Gasteiger partial charge in [0.1, 0.15) is 0 Å². The van der Waals surface area contributed by atoms with Crippen molar-refractivity contribution in [3.8, 4) is 17.6 Å². The largest absolute Gasteiger partial charge is 0.493 e. The molecule has 2 aromatic rings. The summed E-state index contributed by atoms with van der Waals surface area (Å²) in [5.74, 6) is -0.376. The van der Waals surface area contributed by atoms with Crippen LogP contribution in [0.1, 0.15) is 21.5 Å². The number of carbonyl (C=O) groups is 1. The van der Waals surface area contributed by atoms with Crippen LogP contribution in [0.15, 0.2) is 48.5 Å². The second-order valence-electron chi connectivity index (χ2n) is 4.65. The minimum Gasteiger partial charge on any atom is -0.493 e. The Morgan fingerprint density at radius 2 is 2.00 bits per heavy atom. The van der Waals surface area contributed by atoms with Crippen molar-refractivity contribution >= 4 is 11.9 Å². The molecule has 0 aliphatic rings. The van der Waals surface area contributed by atoms with Crippen molar-refractivity contribution < 1.29 is 23.0 Å². The first-order chi connectivity index (χ1) is 11.5. The molecule has 0 spiro atoms. The van der Waals surface area contributed by atoms with Gasteiger partial charge in [0.05, 0.1) is 18.7 Å². The Hall–Kier alpha value is -3.20. The SMILES string of the molecule is COc1cccc(C=CC(=O)c2cccc(C#N)c2)c1OC(F)F. The van der Waals surface area contributed by atoms with E-state index in [9.17, 15) is 13.6 Å². The van der Waals surface area contributed by atoms with Gasteiger partial charge in [0.15, 0.2) is 17.3 Å². The van der Waals surface area contributed by atoms with Crippen LogP contribution >= 0.6 is 0 Å². The van der Waals surface area contributed by atoms with Crippen LogP contribution in [0.4, 0.5) is 8.78 Å². The summed E-state index contributed by atoms with van der Waals surface area (Å²) in [6.07, 6.45) is 2.59. The third-order valence-electron chi connectivity index (χ3n) is 3.13. The normalized spacial score (nSPS) is 10.6. The number of alkyl halides is 2. The highest BCUT2D eigenvalue weighted by atomic mass is 19.3. The molecule has 0 aliphatic heterocycles. The van der Waals surface area contributed by atoms with Crippen molar-refractivity contribution in [1.29, 1.82) is 5.26 Å². The molecule has 24 heavy (non-hydrogen) atoms. The Morgan fingerprint density at radius 3 is 2.67 bits per heavy atom. The molecule has 0 radical (unpaired) electrons. The van der Waals surface area contributed by atoms with Gasteiger partial charge in [-0.25, -0.2) is 0 Å². The molecule has 6 heteroatoms. The van der Waals surface area contributed by atoms with E-state index in [1.165, 1.54) is 37.5 Å². The molecule has 0 aromatic heterocycles. The molecule has 0 N–H and O–H groups in total.